The molecule has 2 rings (SSSR count). The maximum Gasteiger partial charge on any atom is 0.239 e. The Balaban J connectivity index is 1.76. The van der Waals surface area contributed by atoms with Crippen molar-refractivity contribution in [3.63, 3.8) is 0 Å². The second-order valence-electron chi connectivity index (χ2n) is 6.27. The highest BCUT2D eigenvalue weighted by molar-refractivity contribution is 5.82. The number of carbonyl (C=O) groups is 2. The first-order valence-electron chi connectivity index (χ1n) is 7.90. The highest BCUT2D eigenvalue weighted by Crippen LogP contribution is 2.15. The molecule has 0 bridgehead atoms. The molecule has 0 radical (unpaired) electrons. The number of nitrogens with zero attached hydrogens (tertiary/aromatic N) is 1. The van der Waals surface area contributed by atoms with Gasteiger partial charge in [0.05, 0.1) is 6.04 Å². The van der Waals surface area contributed by atoms with Crippen LogP contribution in [0.1, 0.15) is 46.0 Å². The van der Waals surface area contributed by atoms with Crippen LogP contribution in [0, 0.1) is 5.92 Å². The third-order valence-corrected chi connectivity index (χ3v) is 4.29. The maximum absolute atomic E-state index is 12.4. The number of nitrogens with one attached hydrogen (secondary N) is 2. The van der Waals surface area contributed by atoms with E-state index < -0.39 is 0 Å². The predicted octanol–water partition coefficient (Wildman–Crippen LogP) is 0.892. The molecule has 2 aliphatic heterocycles. The van der Waals surface area contributed by atoms with E-state index in [4.69, 9.17) is 0 Å². The van der Waals surface area contributed by atoms with Gasteiger partial charge in [-0.1, -0.05) is 20.3 Å². The summed E-state index contributed by atoms with van der Waals surface area (Å²) >= 11 is 0. The molecule has 0 saturated carbocycles. The number of hydrogen-bond donors (Lipinski definition) is 2. The number of piperidine rings is 2. The quantitative estimate of drug-likeness (QED) is 0.808. The predicted molar refractivity (Wildman–Crippen MR) is 78.2 cm³/mol. The van der Waals surface area contributed by atoms with E-state index in [0.717, 1.165) is 45.3 Å². The molecule has 1 atom stereocenters. The fourth-order valence-corrected chi connectivity index (χ4v) is 2.90. The minimum Gasteiger partial charge on any atom is -0.353 e. The lowest BCUT2D eigenvalue weighted by Gasteiger charge is -2.35. The van der Waals surface area contributed by atoms with Crippen molar-refractivity contribution in [1.29, 1.82) is 0 Å². The lowest BCUT2D eigenvalue weighted by molar-refractivity contribution is -0.135. The van der Waals surface area contributed by atoms with E-state index in [1.807, 2.05) is 18.7 Å². The van der Waals surface area contributed by atoms with Crippen LogP contribution in [0.2, 0.25) is 0 Å². The van der Waals surface area contributed by atoms with Gasteiger partial charge < -0.3 is 15.5 Å². The molecule has 1 unspecified atom stereocenters. The first-order chi connectivity index (χ1) is 9.58. The number of rotatable bonds is 3. The van der Waals surface area contributed by atoms with Crippen LogP contribution in [0.15, 0.2) is 0 Å². The molecule has 0 aromatic heterocycles. The molecule has 0 aliphatic carbocycles. The fourth-order valence-electron chi connectivity index (χ4n) is 2.90. The fraction of sp³-hybridized carbons (Fsp3) is 0.867. The Hall–Kier alpha value is -1.10. The Morgan fingerprint density at radius 3 is 2.40 bits per heavy atom. The Morgan fingerprint density at radius 1 is 1.15 bits per heavy atom. The zero-order valence-electron chi connectivity index (χ0n) is 12.7. The lowest BCUT2D eigenvalue weighted by atomic mass is 10.00. The van der Waals surface area contributed by atoms with Gasteiger partial charge >= 0.3 is 0 Å². The van der Waals surface area contributed by atoms with Crippen molar-refractivity contribution in [2.75, 3.05) is 19.6 Å². The van der Waals surface area contributed by atoms with Crippen molar-refractivity contribution in [2.24, 2.45) is 5.92 Å². The maximum atomic E-state index is 12.4. The van der Waals surface area contributed by atoms with Crippen molar-refractivity contribution in [3.8, 4) is 0 Å². The molecule has 20 heavy (non-hydrogen) atoms. The van der Waals surface area contributed by atoms with Crippen LogP contribution in [0.3, 0.4) is 0 Å². The Morgan fingerprint density at radius 2 is 1.85 bits per heavy atom. The molecule has 2 fully saturated rings. The molecule has 5 nitrogen and oxygen atoms in total. The van der Waals surface area contributed by atoms with Crippen LogP contribution in [0.25, 0.3) is 0 Å². The summed E-state index contributed by atoms with van der Waals surface area (Å²) < 4.78 is 0. The summed E-state index contributed by atoms with van der Waals surface area (Å²) in [5, 5.41) is 6.38. The van der Waals surface area contributed by atoms with Gasteiger partial charge in [0.15, 0.2) is 0 Å². The van der Waals surface area contributed by atoms with E-state index >= 15 is 0 Å². The van der Waals surface area contributed by atoms with Crippen molar-refractivity contribution in [2.45, 2.75) is 58.0 Å². The first kappa shape index (κ1) is 15.3. The molecular formula is C15H27N3O2. The van der Waals surface area contributed by atoms with Crippen LogP contribution in [-0.2, 0) is 9.59 Å². The van der Waals surface area contributed by atoms with Crippen LogP contribution < -0.4 is 10.6 Å². The Bertz CT molecular complexity index is 343. The van der Waals surface area contributed by atoms with Crippen molar-refractivity contribution in [3.05, 3.63) is 0 Å². The van der Waals surface area contributed by atoms with Gasteiger partial charge in [0.1, 0.15) is 0 Å². The van der Waals surface area contributed by atoms with Gasteiger partial charge in [0.2, 0.25) is 11.8 Å². The van der Waals surface area contributed by atoms with Gasteiger partial charge in [-0.15, -0.1) is 0 Å². The van der Waals surface area contributed by atoms with Crippen molar-refractivity contribution in [1.82, 2.24) is 15.5 Å². The van der Waals surface area contributed by atoms with Crippen LogP contribution >= 0.6 is 0 Å². The second-order valence-corrected chi connectivity index (χ2v) is 6.27. The molecule has 2 saturated heterocycles. The lowest BCUT2D eigenvalue weighted by Crippen LogP contribution is -2.53. The highest BCUT2D eigenvalue weighted by atomic mass is 16.2. The van der Waals surface area contributed by atoms with E-state index in [1.54, 1.807) is 0 Å². The molecule has 2 aliphatic rings. The van der Waals surface area contributed by atoms with Gasteiger partial charge in [0, 0.05) is 25.0 Å². The summed E-state index contributed by atoms with van der Waals surface area (Å²) in [6, 6.07) is 0.249. The molecular weight excluding hydrogens is 254 g/mol. The van der Waals surface area contributed by atoms with Gasteiger partial charge in [-0.05, 0) is 32.2 Å². The molecule has 0 spiro atoms. The van der Waals surface area contributed by atoms with E-state index in [1.165, 1.54) is 6.42 Å². The number of hydrogen-bond acceptors (Lipinski definition) is 3. The Kier molecular flexibility index (Phi) is 5.40. The van der Waals surface area contributed by atoms with Crippen LogP contribution in [0.5, 0.6) is 0 Å². The summed E-state index contributed by atoms with van der Waals surface area (Å²) in [7, 11) is 0. The average molecular weight is 281 g/mol. The summed E-state index contributed by atoms with van der Waals surface area (Å²) in [6.45, 7) is 6.29. The smallest absolute Gasteiger partial charge is 0.239 e. The number of carbonyl (C=O) groups excluding carboxylic acids is 2. The largest absolute Gasteiger partial charge is 0.353 e. The molecule has 2 heterocycles. The van der Waals surface area contributed by atoms with Crippen LogP contribution in [-0.4, -0.2) is 48.4 Å². The zero-order chi connectivity index (χ0) is 14.5. The van der Waals surface area contributed by atoms with Gasteiger partial charge in [-0.2, -0.15) is 0 Å². The second kappa shape index (κ2) is 7.07. The molecule has 2 N–H and O–H groups in total. The minimum atomic E-state index is 0.0190. The molecule has 5 heteroatoms. The zero-order valence-corrected chi connectivity index (χ0v) is 12.7. The van der Waals surface area contributed by atoms with Crippen molar-refractivity contribution < 1.29 is 9.59 Å². The highest BCUT2D eigenvalue weighted by Gasteiger charge is 2.29. The molecule has 114 valence electrons. The van der Waals surface area contributed by atoms with Gasteiger partial charge in [-0.25, -0.2) is 0 Å². The Labute approximate surface area is 121 Å². The molecule has 2 amide bonds. The first-order valence-corrected chi connectivity index (χ1v) is 7.90. The standard InChI is InChI=1S/C15H27N3O2/c1-11(2)14(19)17-12-6-9-18(10-7-12)15(20)13-5-3-4-8-16-13/h11-13,16H,3-10H2,1-2H3,(H,17,19). The molecule has 0 aromatic carbocycles. The van der Waals surface area contributed by atoms with E-state index in [2.05, 4.69) is 10.6 Å². The summed E-state index contributed by atoms with van der Waals surface area (Å²) in [4.78, 5) is 26.0. The average Bonchev–Trinajstić information content (AvgIpc) is 2.48. The topological polar surface area (TPSA) is 61.4 Å². The number of likely N-dealkylation sites (tertiary alicyclic amines) is 1. The third kappa shape index (κ3) is 3.95. The van der Waals surface area contributed by atoms with Crippen molar-refractivity contribution >= 4 is 11.8 Å². The third-order valence-electron chi connectivity index (χ3n) is 4.29. The minimum absolute atomic E-state index is 0.0190. The molecule has 0 aromatic rings. The SMILES string of the molecule is CC(C)C(=O)NC1CCN(C(=O)C2CCCCN2)CC1. The summed E-state index contributed by atoms with van der Waals surface area (Å²) in [5.41, 5.74) is 0. The monoisotopic (exact) mass is 281 g/mol. The van der Waals surface area contributed by atoms with E-state index in [-0.39, 0.29) is 29.8 Å². The summed E-state index contributed by atoms with van der Waals surface area (Å²) in [6.07, 6.45) is 5.02. The van der Waals surface area contributed by atoms with Gasteiger partial charge in [0.25, 0.3) is 0 Å². The van der Waals surface area contributed by atoms with E-state index in [0.29, 0.717) is 0 Å². The number of amides is 2. The van der Waals surface area contributed by atoms with E-state index in [9.17, 15) is 9.59 Å². The normalized spacial score (nSPS) is 24.8. The van der Waals surface area contributed by atoms with Gasteiger partial charge in [-0.3, -0.25) is 9.59 Å². The van der Waals surface area contributed by atoms with Crippen LogP contribution in [0.4, 0.5) is 0 Å². The summed E-state index contributed by atoms with van der Waals surface area (Å²) in [5.74, 6) is 0.392.